The Kier molecular flexibility index (Phi) is 18.6. The number of nitrogens with two attached hydrogens (primary N) is 1. The Morgan fingerprint density at radius 3 is 2.69 bits per heavy atom. The maximum atomic E-state index is 11.1. The molecule has 39 heavy (non-hydrogen) atoms. The van der Waals surface area contributed by atoms with E-state index in [9.17, 15) is 4.79 Å². The van der Waals surface area contributed by atoms with Crippen LogP contribution in [0.1, 0.15) is 73.1 Å². The number of hydrogen-bond acceptors (Lipinski definition) is 6. The average Bonchev–Trinajstić information content (AvgIpc) is 3.31. The second-order valence-electron chi connectivity index (χ2n) is 10.5. The fourth-order valence-electron chi connectivity index (χ4n) is 4.68. The van der Waals surface area contributed by atoms with Gasteiger partial charge in [-0.3, -0.25) is 9.88 Å². The van der Waals surface area contributed by atoms with E-state index in [1.807, 2.05) is 18.3 Å². The fraction of sp³-hybridized carbons (Fsp3) is 0.576. The second-order valence-corrected chi connectivity index (χ2v) is 10.5. The van der Waals surface area contributed by atoms with Crippen molar-refractivity contribution >= 4 is 12.0 Å². The molecule has 1 aliphatic rings. The van der Waals surface area contributed by atoms with Gasteiger partial charge < -0.3 is 20.2 Å². The van der Waals surface area contributed by atoms with Crippen molar-refractivity contribution in [1.82, 2.24) is 9.88 Å². The zero-order valence-corrected chi connectivity index (χ0v) is 25.4. The predicted octanol–water partition coefficient (Wildman–Crippen LogP) is 6.71. The Bertz CT molecular complexity index is 890. The first kappa shape index (κ1) is 34.3. The van der Waals surface area contributed by atoms with Crippen LogP contribution in [-0.4, -0.2) is 61.5 Å². The molecule has 6 nitrogen and oxygen atoms in total. The number of likely N-dealkylation sites (tertiary alicyclic amines) is 1. The van der Waals surface area contributed by atoms with Crippen molar-refractivity contribution in [3.63, 3.8) is 0 Å². The highest BCUT2D eigenvalue weighted by atomic mass is 16.5. The summed E-state index contributed by atoms with van der Waals surface area (Å²) in [6.45, 7) is 13.8. The lowest BCUT2D eigenvalue weighted by Gasteiger charge is -2.23. The quantitative estimate of drug-likeness (QED) is 0.0829. The summed E-state index contributed by atoms with van der Waals surface area (Å²) in [5.74, 6) is 0.410. The summed E-state index contributed by atoms with van der Waals surface area (Å²) in [5, 5.41) is 0. The molecule has 0 unspecified atom stereocenters. The third kappa shape index (κ3) is 14.9. The molecular formula is C33H54N4O2. The van der Waals surface area contributed by atoms with Gasteiger partial charge in [-0.25, -0.2) is 0 Å². The van der Waals surface area contributed by atoms with Crippen LogP contribution in [0, 0.1) is 5.92 Å². The number of nitrogens with zero attached hydrogens (tertiary/aromatic N) is 3. The molecule has 6 heteroatoms. The van der Waals surface area contributed by atoms with E-state index in [1.165, 1.54) is 29.7 Å². The minimum absolute atomic E-state index is 0.0360. The molecule has 0 saturated carbocycles. The van der Waals surface area contributed by atoms with Crippen LogP contribution < -0.4 is 10.6 Å². The van der Waals surface area contributed by atoms with Crippen LogP contribution in [0.5, 0.6) is 0 Å². The van der Waals surface area contributed by atoms with E-state index >= 15 is 0 Å². The van der Waals surface area contributed by atoms with Gasteiger partial charge in [0, 0.05) is 38.4 Å². The highest BCUT2D eigenvalue weighted by molar-refractivity contribution is 5.52. The van der Waals surface area contributed by atoms with Crippen molar-refractivity contribution in [1.29, 1.82) is 0 Å². The summed E-state index contributed by atoms with van der Waals surface area (Å²) in [6, 6.07) is 4.43. The standard InChI is InChI=1S/C23H38N2O2.C10H16N2/c1-5-7-9-20(10-8-14-27-13-6-2)21-16-23(25(18-21)11-12-26)17-22(24)15-19(3)4;1-3-4-8-12(2)10-6-5-7-11-9-10/h7-10,12,14-15,21-23H,5-6,11,13,16-18,24H2,1-4H3;5-7,9H,3-4,8H2,1-2H3/b9-7-,14-8+,20-10+;/t21-,22-,23-;/m1./s1. The number of carbonyl (C=O) groups is 1. The number of allylic oxidation sites excluding steroid dienone is 5. The molecular weight excluding hydrogens is 484 g/mol. The Balaban J connectivity index is 0.000000525. The molecule has 0 aromatic carbocycles. The number of rotatable bonds is 16. The highest BCUT2D eigenvalue weighted by Gasteiger charge is 2.33. The van der Waals surface area contributed by atoms with Gasteiger partial charge in [0.2, 0.25) is 0 Å². The van der Waals surface area contributed by atoms with Crippen LogP contribution in [0.4, 0.5) is 5.69 Å². The summed E-state index contributed by atoms with van der Waals surface area (Å²) in [4.78, 5) is 19.7. The molecule has 2 rings (SSSR count). The van der Waals surface area contributed by atoms with Crippen molar-refractivity contribution in [2.45, 2.75) is 85.2 Å². The summed E-state index contributed by atoms with van der Waals surface area (Å²) in [7, 11) is 2.10. The first-order chi connectivity index (χ1) is 18.9. The molecule has 1 aliphatic heterocycles. The first-order valence-electron chi connectivity index (χ1n) is 14.7. The van der Waals surface area contributed by atoms with E-state index in [2.05, 4.69) is 86.8 Å². The lowest BCUT2D eigenvalue weighted by molar-refractivity contribution is -0.109. The third-order valence-electron chi connectivity index (χ3n) is 6.67. The second kappa shape index (κ2) is 21.2. The Hall–Kier alpha value is -2.70. The van der Waals surface area contributed by atoms with E-state index < -0.39 is 0 Å². The molecule has 1 aromatic heterocycles. The molecule has 3 atom stereocenters. The monoisotopic (exact) mass is 538 g/mol. The number of aldehydes is 1. The smallest absolute Gasteiger partial charge is 0.133 e. The minimum Gasteiger partial charge on any atom is -0.501 e. The fourth-order valence-corrected chi connectivity index (χ4v) is 4.68. The van der Waals surface area contributed by atoms with Gasteiger partial charge in [0.15, 0.2) is 0 Å². The Labute approximate surface area is 238 Å². The summed E-state index contributed by atoms with van der Waals surface area (Å²) < 4.78 is 5.44. The number of pyridine rings is 1. The lowest BCUT2D eigenvalue weighted by atomic mass is 9.93. The van der Waals surface area contributed by atoms with Gasteiger partial charge in [-0.15, -0.1) is 0 Å². The number of anilines is 1. The molecule has 1 fully saturated rings. The number of carbonyl (C=O) groups excluding carboxylic acids is 1. The van der Waals surface area contributed by atoms with Crippen molar-refractivity contribution in [2.75, 3.05) is 38.2 Å². The van der Waals surface area contributed by atoms with Gasteiger partial charge in [0.05, 0.1) is 31.3 Å². The number of unbranched alkanes of at least 4 members (excludes halogenated alkanes) is 1. The molecule has 0 aliphatic carbocycles. The highest BCUT2D eigenvalue weighted by Crippen LogP contribution is 2.32. The molecule has 2 N–H and O–H groups in total. The van der Waals surface area contributed by atoms with E-state index in [1.54, 1.807) is 12.5 Å². The topological polar surface area (TPSA) is 71.7 Å². The van der Waals surface area contributed by atoms with Gasteiger partial charge in [-0.2, -0.15) is 0 Å². The maximum absolute atomic E-state index is 11.1. The zero-order chi connectivity index (χ0) is 28.9. The number of ether oxygens (including phenoxy) is 1. The number of hydrogen-bond donors (Lipinski definition) is 1. The molecule has 1 saturated heterocycles. The molecule has 0 bridgehead atoms. The van der Waals surface area contributed by atoms with Gasteiger partial charge in [-0.1, -0.05) is 57.1 Å². The van der Waals surface area contributed by atoms with Crippen molar-refractivity contribution in [3.05, 3.63) is 72.3 Å². The van der Waals surface area contributed by atoms with Crippen molar-refractivity contribution < 1.29 is 9.53 Å². The van der Waals surface area contributed by atoms with Crippen LogP contribution in [0.2, 0.25) is 0 Å². The average molecular weight is 539 g/mol. The summed E-state index contributed by atoms with van der Waals surface area (Å²) >= 11 is 0. The van der Waals surface area contributed by atoms with Crippen molar-refractivity contribution in [2.24, 2.45) is 11.7 Å². The molecule has 1 aromatic rings. The Morgan fingerprint density at radius 2 is 2.08 bits per heavy atom. The van der Waals surface area contributed by atoms with Gasteiger partial charge in [0.25, 0.3) is 0 Å². The minimum atomic E-state index is 0.0360. The van der Waals surface area contributed by atoms with Crippen LogP contribution in [0.3, 0.4) is 0 Å². The largest absolute Gasteiger partial charge is 0.501 e. The summed E-state index contributed by atoms with van der Waals surface area (Å²) in [5.41, 5.74) is 10.0. The van der Waals surface area contributed by atoms with Crippen molar-refractivity contribution in [3.8, 4) is 0 Å². The Morgan fingerprint density at radius 1 is 1.28 bits per heavy atom. The van der Waals surface area contributed by atoms with E-state index in [-0.39, 0.29) is 6.04 Å². The molecule has 0 radical (unpaired) electrons. The van der Waals surface area contributed by atoms with Gasteiger partial charge >= 0.3 is 0 Å². The lowest BCUT2D eigenvalue weighted by Crippen LogP contribution is -2.35. The van der Waals surface area contributed by atoms with Crippen LogP contribution >= 0.6 is 0 Å². The molecule has 2 heterocycles. The zero-order valence-electron chi connectivity index (χ0n) is 25.4. The van der Waals surface area contributed by atoms with Crippen LogP contribution in [0.25, 0.3) is 0 Å². The molecule has 0 spiro atoms. The third-order valence-corrected chi connectivity index (χ3v) is 6.67. The van der Waals surface area contributed by atoms with Crippen LogP contribution in [0.15, 0.2) is 72.3 Å². The van der Waals surface area contributed by atoms with E-state index in [4.69, 9.17) is 10.5 Å². The normalized spacial score (nSPS) is 18.6. The van der Waals surface area contributed by atoms with Crippen LogP contribution in [-0.2, 0) is 9.53 Å². The maximum Gasteiger partial charge on any atom is 0.133 e. The molecule has 218 valence electrons. The van der Waals surface area contributed by atoms with E-state index in [0.717, 1.165) is 51.7 Å². The number of aromatic nitrogens is 1. The predicted molar refractivity (Wildman–Crippen MR) is 167 cm³/mol. The SMILES string of the molecule is CCCCN(C)c1cccnc1.CC\C=C/C(=C\C=C\OCCC)[C@@H]1C[C@H](C[C@H](N)C=C(C)C)N(CC=O)C1. The van der Waals surface area contributed by atoms with E-state index in [0.29, 0.717) is 18.5 Å². The van der Waals surface area contributed by atoms with Gasteiger partial charge in [-0.05, 0) is 75.7 Å². The summed E-state index contributed by atoms with van der Waals surface area (Å²) in [6.07, 6.45) is 23.5. The molecule has 0 amide bonds. The van der Waals surface area contributed by atoms with Gasteiger partial charge in [0.1, 0.15) is 6.29 Å². The first-order valence-corrected chi connectivity index (χ1v) is 14.7.